The van der Waals surface area contributed by atoms with Crippen molar-refractivity contribution in [3.63, 3.8) is 0 Å². The quantitative estimate of drug-likeness (QED) is 0.762. The standard InChI is InChI=1S/C10H13N3O/c1-14-10-7(4-5-11)2-3-8-9(10)13-6-12-8/h2-3,6H,4-5,11H2,1H3,(H,12,13). The maximum Gasteiger partial charge on any atom is 0.149 e. The zero-order valence-electron chi connectivity index (χ0n) is 8.08. The first-order valence-corrected chi connectivity index (χ1v) is 4.56. The van der Waals surface area contributed by atoms with E-state index in [-0.39, 0.29) is 0 Å². The lowest BCUT2D eigenvalue weighted by molar-refractivity contribution is 0.414. The van der Waals surface area contributed by atoms with Gasteiger partial charge in [0, 0.05) is 0 Å². The number of hydrogen-bond donors (Lipinski definition) is 2. The van der Waals surface area contributed by atoms with Crippen LogP contribution in [0.15, 0.2) is 18.5 Å². The van der Waals surface area contributed by atoms with Crippen LogP contribution in [0.2, 0.25) is 0 Å². The van der Waals surface area contributed by atoms with E-state index in [0.717, 1.165) is 28.8 Å². The number of methoxy groups -OCH3 is 1. The number of nitrogens with two attached hydrogens (primary N) is 1. The van der Waals surface area contributed by atoms with Crippen LogP contribution in [-0.2, 0) is 6.42 Å². The number of aromatic nitrogens is 2. The number of ether oxygens (including phenoxy) is 1. The fourth-order valence-corrected chi connectivity index (χ4v) is 1.60. The molecular formula is C10H13N3O. The third-order valence-corrected chi connectivity index (χ3v) is 2.24. The molecule has 0 saturated heterocycles. The Kier molecular flexibility index (Phi) is 2.37. The zero-order valence-corrected chi connectivity index (χ0v) is 8.08. The summed E-state index contributed by atoms with van der Waals surface area (Å²) < 4.78 is 5.33. The Labute approximate surface area is 82.1 Å². The highest BCUT2D eigenvalue weighted by atomic mass is 16.5. The van der Waals surface area contributed by atoms with Crippen LogP contribution in [0.4, 0.5) is 0 Å². The second-order valence-electron chi connectivity index (χ2n) is 3.10. The van der Waals surface area contributed by atoms with Gasteiger partial charge in [0.1, 0.15) is 11.3 Å². The average molecular weight is 191 g/mol. The molecule has 1 aromatic heterocycles. The van der Waals surface area contributed by atoms with Crippen molar-refractivity contribution in [2.45, 2.75) is 6.42 Å². The highest BCUT2D eigenvalue weighted by Crippen LogP contribution is 2.27. The molecule has 0 unspecified atom stereocenters. The monoisotopic (exact) mass is 191 g/mol. The van der Waals surface area contributed by atoms with Gasteiger partial charge in [0.05, 0.1) is 19.0 Å². The van der Waals surface area contributed by atoms with Gasteiger partial charge in [-0.05, 0) is 24.6 Å². The fourth-order valence-electron chi connectivity index (χ4n) is 1.60. The molecule has 0 fully saturated rings. The van der Waals surface area contributed by atoms with Crippen molar-refractivity contribution in [3.05, 3.63) is 24.0 Å². The third kappa shape index (κ3) is 1.33. The van der Waals surface area contributed by atoms with Crippen molar-refractivity contribution in [1.82, 2.24) is 9.97 Å². The Morgan fingerprint density at radius 2 is 2.36 bits per heavy atom. The number of benzene rings is 1. The van der Waals surface area contributed by atoms with E-state index in [0.29, 0.717) is 6.54 Å². The van der Waals surface area contributed by atoms with Gasteiger partial charge in [-0.15, -0.1) is 0 Å². The van der Waals surface area contributed by atoms with Gasteiger partial charge in [-0.2, -0.15) is 0 Å². The lowest BCUT2D eigenvalue weighted by Gasteiger charge is -2.07. The molecule has 0 spiro atoms. The van der Waals surface area contributed by atoms with Gasteiger partial charge in [0.2, 0.25) is 0 Å². The summed E-state index contributed by atoms with van der Waals surface area (Å²) in [6.45, 7) is 0.617. The predicted octanol–water partition coefficient (Wildman–Crippen LogP) is 1.07. The third-order valence-electron chi connectivity index (χ3n) is 2.24. The molecule has 1 heterocycles. The molecule has 4 heteroatoms. The minimum absolute atomic E-state index is 0.617. The molecule has 2 rings (SSSR count). The summed E-state index contributed by atoms with van der Waals surface area (Å²) >= 11 is 0. The molecule has 74 valence electrons. The summed E-state index contributed by atoms with van der Waals surface area (Å²) in [5.41, 5.74) is 8.49. The summed E-state index contributed by atoms with van der Waals surface area (Å²) in [7, 11) is 1.66. The minimum Gasteiger partial charge on any atom is -0.494 e. The number of H-pyrrole nitrogens is 1. The van der Waals surface area contributed by atoms with Crippen LogP contribution in [-0.4, -0.2) is 23.6 Å². The molecule has 1 aromatic carbocycles. The van der Waals surface area contributed by atoms with E-state index in [1.807, 2.05) is 12.1 Å². The van der Waals surface area contributed by atoms with Gasteiger partial charge in [-0.1, -0.05) is 6.07 Å². The van der Waals surface area contributed by atoms with Gasteiger partial charge in [-0.25, -0.2) is 4.98 Å². The predicted molar refractivity (Wildman–Crippen MR) is 55.4 cm³/mol. The Morgan fingerprint density at radius 3 is 3.07 bits per heavy atom. The molecule has 0 aliphatic heterocycles. The maximum atomic E-state index is 5.52. The van der Waals surface area contributed by atoms with Crippen molar-refractivity contribution < 1.29 is 4.74 Å². The van der Waals surface area contributed by atoms with Gasteiger partial charge in [-0.3, -0.25) is 0 Å². The number of nitrogens with one attached hydrogen (secondary N) is 1. The van der Waals surface area contributed by atoms with Crippen LogP contribution >= 0.6 is 0 Å². The molecule has 0 bridgehead atoms. The second-order valence-corrected chi connectivity index (χ2v) is 3.10. The Morgan fingerprint density at radius 1 is 1.50 bits per heavy atom. The van der Waals surface area contributed by atoms with Gasteiger partial charge in [0.25, 0.3) is 0 Å². The lowest BCUT2D eigenvalue weighted by Crippen LogP contribution is -2.04. The number of imidazole rings is 1. The summed E-state index contributed by atoms with van der Waals surface area (Å²) in [5, 5.41) is 0. The van der Waals surface area contributed by atoms with Crippen molar-refractivity contribution in [3.8, 4) is 5.75 Å². The van der Waals surface area contributed by atoms with Crippen LogP contribution in [0.5, 0.6) is 5.75 Å². The largest absolute Gasteiger partial charge is 0.494 e. The van der Waals surface area contributed by atoms with Crippen LogP contribution in [0, 0.1) is 0 Å². The molecule has 0 amide bonds. The summed E-state index contributed by atoms with van der Waals surface area (Å²) in [4.78, 5) is 7.25. The Balaban J connectivity index is 2.60. The highest BCUT2D eigenvalue weighted by molar-refractivity contribution is 5.82. The SMILES string of the molecule is COc1c(CCN)ccc2[nH]cnc12. The average Bonchev–Trinajstić information content (AvgIpc) is 2.66. The van der Waals surface area contributed by atoms with Gasteiger partial charge in [0.15, 0.2) is 0 Å². The molecule has 3 N–H and O–H groups in total. The van der Waals surface area contributed by atoms with E-state index >= 15 is 0 Å². The summed E-state index contributed by atoms with van der Waals surface area (Å²) in [5.74, 6) is 0.828. The number of fused-ring (bicyclic) bond motifs is 1. The molecule has 0 saturated carbocycles. The normalized spacial score (nSPS) is 10.7. The van der Waals surface area contributed by atoms with Crippen molar-refractivity contribution in [2.75, 3.05) is 13.7 Å². The first-order chi connectivity index (χ1) is 6.86. The molecular weight excluding hydrogens is 178 g/mol. The minimum atomic E-state index is 0.617. The van der Waals surface area contributed by atoms with Gasteiger partial charge < -0.3 is 15.5 Å². The van der Waals surface area contributed by atoms with Crippen molar-refractivity contribution in [2.24, 2.45) is 5.73 Å². The van der Waals surface area contributed by atoms with Crippen molar-refractivity contribution >= 4 is 11.0 Å². The Bertz CT molecular complexity index is 436. The molecule has 2 aromatic rings. The first-order valence-electron chi connectivity index (χ1n) is 4.56. The van der Waals surface area contributed by atoms with E-state index in [1.165, 1.54) is 0 Å². The van der Waals surface area contributed by atoms with E-state index in [9.17, 15) is 0 Å². The molecule has 0 aliphatic carbocycles. The van der Waals surface area contributed by atoms with Gasteiger partial charge >= 0.3 is 0 Å². The first kappa shape index (κ1) is 9.02. The van der Waals surface area contributed by atoms with E-state index in [1.54, 1.807) is 13.4 Å². The molecule has 0 radical (unpaired) electrons. The molecule has 0 aliphatic rings. The van der Waals surface area contributed by atoms with E-state index in [2.05, 4.69) is 9.97 Å². The number of rotatable bonds is 3. The molecule has 0 atom stereocenters. The fraction of sp³-hybridized carbons (Fsp3) is 0.300. The number of hydrogen-bond acceptors (Lipinski definition) is 3. The molecule has 14 heavy (non-hydrogen) atoms. The maximum absolute atomic E-state index is 5.52. The highest BCUT2D eigenvalue weighted by Gasteiger charge is 2.08. The molecule has 4 nitrogen and oxygen atoms in total. The van der Waals surface area contributed by atoms with Crippen LogP contribution in [0.3, 0.4) is 0 Å². The zero-order chi connectivity index (χ0) is 9.97. The summed E-state index contributed by atoms with van der Waals surface area (Å²) in [6, 6.07) is 4.02. The lowest BCUT2D eigenvalue weighted by atomic mass is 10.1. The van der Waals surface area contributed by atoms with Crippen LogP contribution < -0.4 is 10.5 Å². The van der Waals surface area contributed by atoms with E-state index < -0.39 is 0 Å². The topological polar surface area (TPSA) is 63.9 Å². The van der Waals surface area contributed by atoms with Crippen LogP contribution in [0.25, 0.3) is 11.0 Å². The van der Waals surface area contributed by atoms with Crippen LogP contribution in [0.1, 0.15) is 5.56 Å². The summed E-state index contributed by atoms with van der Waals surface area (Å²) in [6.07, 6.45) is 2.48. The number of nitrogens with zero attached hydrogens (tertiary/aromatic N) is 1. The van der Waals surface area contributed by atoms with Crippen molar-refractivity contribution in [1.29, 1.82) is 0 Å². The van der Waals surface area contributed by atoms with E-state index in [4.69, 9.17) is 10.5 Å². The smallest absolute Gasteiger partial charge is 0.149 e. The number of aromatic amines is 1. The second kappa shape index (κ2) is 3.67. The Hall–Kier alpha value is -1.55.